The van der Waals surface area contributed by atoms with Crippen molar-refractivity contribution in [3.05, 3.63) is 23.8 Å². The fourth-order valence-electron chi connectivity index (χ4n) is 1.83. The zero-order valence-electron chi connectivity index (χ0n) is 8.48. The van der Waals surface area contributed by atoms with Gasteiger partial charge in [0.1, 0.15) is 5.82 Å². The van der Waals surface area contributed by atoms with E-state index < -0.39 is 6.10 Å². The standard InChI is InChI=1S/C11H16N2O/c1-8-12-6-5-10(13-8)11(14)7-9-3-2-4-9/h5-6,9,11,14H,2-4,7H2,1H3. The predicted molar refractivity (Wildman–Crippen MR) is 53.7 cm³/mol. The molecule has 1 N–H and O–H groups in total. The van der Waals surface area contributed by atoms with Gasteiger partial charge in [0.15, 0.2) is 0 Å². The quantitative estimate of drug-likeness (QED) is 0.796. The number of aliphatic hydroxyl groups is 1. The maximum Gasteiger partial charge on any atom is 0.125 e. The maximum absolute atomic E-state index is 9.89. The molecular weight excluding hydrogens is 176 g/mol. The lowest BCUT2D eigenvalue weighted by molar-refractivity contribution is 0.114. The van der Waals surface area contributed by atoms with Gasteiger partial charge in [-0.3, -0.25) is 0 Å². The highest BCUT2D eigenvalue weighted by atomic mass is 16.3. The third kappa shape index (κ3) is 2.10. The Hall–Kier alpha value is -0.960. The Bertz CT molecular complexity index is 310. The van der Waals surface area contributed by atoms with Crippen LogP contribution in [-0.4, -0.2) is 15.1 Å². The monoisotopic (exact) mass is 192 g/mol. The highest BCUT2D eigenvalue weighted by molar-refractivity contribution is 5.05. The van der Waals surface area contributed by atoms with Gasteiger partial charge >= 0.3 is 0 Å². The predicted octanol–water partition coefficient (Wildman–Crippen LogP) is 2.01. The lowest BCUT2D eigenvalue weighted by Crippen LogP contribution is -2.15. The molecule has 1 aliphatic carbocycles. The average Bonchev–Trinajstić information content (AvgIpc) is 2.11. The van der Waals surface area contributed by atoms with E-state index in [1.807, 2.05) is 6.92 Å². The molecule has 1 heterocycles. The van der Waals surface area contributed by atoms with Crippen molar-refractivity contribution in [2.45, 2.75) is 38.7 Å². The minimum absolute atomic E-state index is 0.401. The van der Waals surface area contributed by atoms with Crippen molar-refractivity contribution in [3.63, 3.8) is 0 Å². The third-order valence-electron chi connectivity index (χ3n) is 2.92. The number of aryl methyl sites for hydroxylation is 1. The molecule has 1 atom stereocenters. The van der Waals surface area contributed by atoms with Crippen LogP contribution in [0.5, 0.6) is 0 Å². The Morgan fingerprint density at radius 1 is 1.57 bits per heavy atom. The molecule has 1 fully saturated rings. The Labute approximate surface area is 84.2 Å². The summed E-state index contributed by atoms with van der Waals surface area (Å²) < 4.78 is 0. The van der Waals surface area contributed by atoms with Gasteiger partial charge in [-0.25, -0.2) is 9.97 Å². The van der Waals surface area contributed by atoms with Gasteiger partial charge in [0.2, 0.25) is 0 Å². The minimum Gasteiger partial charge on any atom is -0.387 e. The van der Waals surface area contributed by atoms with E-state index in [1.54, 1.807) is 12.3 Å². The average molecular weight is 192 g/mol. The number of nitrogens with zero attached hydrogens (tertiary/aromatic N) is 2. The van der Waals surface area contributed by atoms with E-state index in [9.17, 15) is 5.11 Å². The Morgan fingerprint density at radius 3 is 2.93 bits per heavy atom. The zero-order chi connectivity index (χ0) is 9.97. The molecule has 0 spiro atoms. The van der Waals surface area contributed by atoms with E-state index in [0.29, 0.717) is 5.92 Å². The van der Waals surface area contributed by atoms with Gasteiger partial charge in [-0.2, -0.15) is 0 Å². The maximum atomic E-state index is 9.89. The summed E-state index contributed by atoms with van der Waals surface area (Å²) in [5.74, 6) is 1.44. The number of aromatic nitrogens is 2. The second-order valence-electron chi connectivity index (χ2n) is 4.08. The summed E-state index contributed by atoms with van der Waals surface area (Å²) in [5.41, 5.74) is 0.768. The molecular formula is C11H16N2O. The molecule has 0 aliphatic heterocycles. The third-order valence-corrected chi connectivity index (χ3v) is 2.92. The van der Waals surface area contributed by atoms with E-state index in [1.165, 1.54) is 19.3 Å². The molecule has 1 aliphatic rings. The van der Waals surface area contributed by atoms with Crippen molar-refractivity contribution in [2.24, 2.45) is 5.92 Å². The SMILES string of the molecule is Cc1nccc(C(O)CC2CCC2)n1. The Kier molecular flexibility index (Phi) is 2.77. The second-order valence-corrected chi connectivity index (χ2v) is 4.08. The van der Waals surface area contributed by atoms with Crippen molar-refractivity contribution in [3.8, 4) is 0 Å². The molecule has 0 aromatic carbocycles. The number of aliphatic hydroxyl groups excluding tert-OH is 1. The first-order chi connectivity index (χ1) is 6.75. The summed E-state index contributed by atoms with van der Waals surface area (Å²) in [5, 5.41) is 9.89. The molecule has 1 saturated carbocycles. The first-order valence-electron chi connectivity index (χ1n) is 5.23. The number of hydrogen-bond acceptors (Lipinski definition) is 3. The van der Waals surface area contributed by atoms with Crippen molar-refractivity contribution in [1.82, 2.24) is 9.97 Å². The van der Waals surface area contributed by atoms with E-state index in [2.05, 4.69) is 9.97 Å². The molecule has 0 radical (unpaired) electrons. The number of hydrogen-bond donors (Lipinski definition) is 1. The Morgan fingerprint density at radius 2 is 2.36 bits per heavy atom. The summed E-state index contributed by atoms with van der Waals surface area (Å²) in [6.45, 7) is 1.85. The van der Waals surface area contributed by atoms with Crippen LogP contribution in [0, 0.1) is 12.8 Å². The minimum atomic E-state index is -0.401. The van der Waals surface area contributed by atoms with Crippen LogP contribution in [0.4, 0.5) is 0 Å². The Balaban J connectivity index is 1.98. The fraction of sp³-hybridized carbons (Fsp3) is 0.636. The van der Waals surface area contributed by atoms with Gasteiger partial charge in [-0.1, -0.05) is 19.3 Å². The van der Waals surface area contributed by atoms with Crippen LogP contribution >= 0.6 is 0 Å². The largest absolute Gasteiger partial charge is 0.387 e. The van der Waals surface area contributed by atoms with Crippen LogP contribution in [0.15, 0.2) is 12.3 Å². The van der Waals surface area contributed by atoms with Crippen molar-refractivity contribution in [1.29, 1.82) is 0 Å². The zero-order valence-corrected chi connectivity index (χ0v) is 8.48. The van der Waals surface area contributed by atoms with Crippen LogP contribution in [0.3, 0.4) is 0 Å². The molecule has 14 heavy (non-hydrogen) atoms. The van der Waals surface area contributed by atoms with Crippen LogP contribution in [0.25, 0.3) is 0 Å². The van der Waals surface area contributed by atoms with Gasteiger partial charge in [-0.15, -0.1) is 0 Å². The van der Waals surface area contributed by atoms with Crippen LogP contribution in [-0.2, 0) is 0 Å². The second kappa shape index (κ2) is 4.05. The summed E-state index contributed by atoms with van der Waals surface area (Å²) in [7, 11) is 0. The molecule has 0 amide bonds. The van der Waals surface area contributed by atoms with Gasteiger partial charge in [0, 0.05) is 6.20 Å². The summed E-state index contributed by atoms with van der Waals surface area (Å²) in [6.07, 6.45) is 6.02. The summed E-state index contributed by atoms with van der Waals surface area (Å²) in [6, 6.07) is 1.80. The van der Waals surface area contributed by atoms with Gasteiger partial charge in [0.05, 0.1) is 11.8 Å². The van der Waals surface area contributed by atoms with Crippen molar-refractivity contribution in [2.75, 3.05) is 0 Å². The van der Waals surface area contributed by atoms with E-state index >= 15 is 0 Å². The topological polar surface area (TPSA) is 46.0 Å². The smallest absolute Gasteiger partial charge is 0.125 e. The number of rotatable bonds is 3. The first kappa shape index (κ1) is 9.59. The van der Waals surface area contributed by atoms with Crippen LogP contribution < -0.4 is 0 Å². The summed E-state index contributed by atoms with van der Waals surface area (Å²) in [4.78, 5) is 8.24. The van der Waals surface area contributed by atoms with Gasteiger partial charge in [-0.05, 0) is 25.3 Å². The van der Waals surface area contributed by atoms with Gasteiger partial charge in [0.25, 0.3) is 0 Å². The molecule has 1 aromatic rings. The summed E-state index contributed by atoms with van der Waals surface area (Å²) >= 11 is 0. The van der Waals surface area contributed by atoms with Crippen molar-refractivity contribution >= 4 is 0 Å². The molecule has 1 unspecified atom stereocenters. The molecule has 0 saturated heterocycles. The lowest BCUT2D eigenvalue weighted by atomic mass is 9.81. The van der Waals surface area contributed by atoms with Gasteiger partial charge < -0.3 is 5.11 Å². The van der Waals surface area contributed by atoms with Crippen LogP contribution in [0.1, 0.15) is 43.3 Å². The molecule has 2 rings (SSSR count). The molecule has 1 aromatic heterocycles. The molecule has 3 heteroatoms. The highest BCUT2D eigenvalue weighted by Gasteiger charge is 2.22. The normalized spacial score (nSPS) is 19.0. The fourth-order valence-corrected chi connectivity index (χ4v) is 1.83. The first-order valence-corrected chi connectivity index (χ1v) is 5.23. The molecule has 0 bridgehead atoms. The van der Waals surface area contributed by atoms with E-state index in [0.717, 1.165) is 17.9 Å². The van der Waals surface area contributed by atoms with Crippen LogP contribution in [0.2, 0.25) is 0 Å². The van der Waals surface area contributed by atoms with E-state index in [4.69, 9.17) is 0 Å². The lowest BCUT2D eigenvalue weighted by Gasteiger charge is -2.27. The highest BCUT2D eigenvalue weighted by Crippen LogP contribution is 2.34. The van der Waals surface area contributed by atoms with Crippen molar-refractivity contribution < 1.29 is 5.11 Å². The molecule has 3 nitrogen and oxygen atoms in total. The molecule has 76 valence electrons. The van der Waals surface area contributed by atoms with E-state index in [-0.39, 0.29) is 0 Å².